The summed E-state index contributed by atoms with van der Waals surface area (Å²) in [6.07, 6.45) is -0.843. The summed E-state index contributed by atoms with van der Waals surface area (Å²) in [6, 6.07) is 2.62. The van der Waals surface area contributed by atoms with E-state index in [9.17, 15) is 13.2 Å². The van der Waals surface area contributed by atoms with E-state index in [1.165, 1.54) is 6.20 Å². The molecule has 2 fully saturated rings. The smallest absolute Gasteiger partial charge is 0.307 e. The molecule has 16 heavy (non-hydrogen) atoms. The fourth-order valence-electron chi connectivity index (χ4n) is 2.65. The van der Waals surface area contributed by atoms with Crippen LogP contribution in [0.5, 0.6) is 0 Å². The molecule has 2 atom stereocenters. The van der Waals surface area contributed by atoms with E-state index in [2.05, 4.69) is 10.3 Å². The van der Waals surface area contributed by atoms with Crippen LogP contribution >= 0.6 is 0 Å². The molecule has 2 nitrogen and oxygen atoms in total. The highest BCUT2D eigenvalue weighted by Gasteiger charge is 2.58. The van der Waals surface area contributed by atoms with Gasteiger partial charge < -0.3 is 5.32 Å². The molecule has 1 aliphatic carbocycles. The van der Waals surface area contributed by atoms with Gasteiger partial charge in [-0.15, -0.1) is 0 Å². The van der Waals surface area contributed by atoms with Crippen molar-refractivity contribution in [2.45, 2.75) is 24.6 Å². The predicted molar refractivity (Wildman–Crippen MR) is 51.6 cm³/mol. The Morgan fingerprint density at radius 2 is 2.19 bits per heavy atom. The minimum atomic E-state index is -4.34. The summed E-state index contributed by atoms with van der Waals surface area (Å²) >= 11 is 0. The Morgan fingerprint density at radius 1 is 1.38 bits per heavy atom. The highest BCUT2D eigenvalue weighted by atomic mass is 19.4. The fraction of sp³-hybridized carbons (Fsp3) is 0.545. The van der Waals surface area contributed by atoms with Gasteiger partial charge in [0.25, 0.3) is 0 Å². The minimum absolute atomic E-state index is 0.0584. The molecule has 1 aromatic heterocycles. The van der Waals surface area contributed by atoms with Crippen molar-refractivity contribution in [1.82, 2.24) is 10.3 Å². The monoisotopic (exact) mass is 228 g/mol. The van der Waals surface area contributed by atoms with Crippen LogP contribution in [-0.2, 0) is 11.7 Å². The van der Waals surface area contributed by atoms with Crippen LogP contribution in [0.1, 0.15) is 24.1 Å². The van der Waals surface area contributed by atoms with Gasteiger partial charge in [-0.2, -0.15) is 13.2 Å². The van der Waals surface area contributed by atoms with Crippen molar-refractivity contribution in [2.24, 2.45) is 5.92 Å². The summed E-state index contributed by atoms with van der Waals surface area (Å²) < 4.78 is 37.0. The molecule has 0 spiro atoms. The normalized spacial score (nSPS) is 32.6. The van der Waals surface area contributed by atoms with E-state index in [1.54, 1.807) is 6.07 Å². The topological polar surface area (TPSA) is 24.9 Å². The molecule has 1 N–H and O–H groups in total. The fourth-order valence-corrected chi connectivity index (χ4v) is 2.65. The van der Waals surface area contributed by atoms with Crippen LogP contribution in [0.15, 0.2) is 18.3 Å². The standard InChI is InChI=1S/C11H11F3N2/c12-11(13,14)9-2-1-8(6-15-9)10-5-7(10)3-4-16-10/h1-2,6-7,16H,3-5H2/t7-,10+/m0/s1. The molecule has 0 unspecified atom stereocenters. The van der Waals surface area contributed by atoms with Gasteiger partial charge in [0, 0.05) is 11.7 Å². The summed E-state index contributed by atoms with van der Waals surface area (Å²) in [7, 11) is 0. The van der Waals surface area contributed by atoms with E-state index < -0.39 is 11.9 Å². The summed E-state index contributed by atoms with van der Waals surface area (Å²) in [5.74, 6) is 0.589. The van der Waals surface area contributed by atoms with E-state index >= 15 is 0 Å². The first-order chi connectivity index (χ1) is 7.52. The zero-order chi connectivity index (χ0) is 11.4. The van der Waals surface area contributed by atoms with Crippen molar-refractivity contribution in [3.05, 3.63) is 29.6 Å². The molecule has 1 aromatic rings. The largest absolute Gasteiger partial charge is 0.433 e. The Bertz CT molecular complexity index is 412. The van der Waals surface area contributed by atoms with Gasteiger partial charge in [-0.1, -0.05) is 6.07 Å². The summed E-state index contributed by atoms with van der Waals surface area (Å²) in [4.78, 5) is 3.50. The predicted octanol–water partition coefficient (Wildman–Crippen LogP) is 2.31. The van der Waals surface area contributed by atoms with E-state index in [0.717, 1.165) is 31.0 Å². The quantitative estimate of drug-likeness (QED) is 0.797. The first-order valence-electron chi connectivity index (χ1n) is 5.31. The highest BCUT2D eigenvalue weighted by molar-refractivity contribution is 5.33. The van der Waals surface area contributed by atoms with Crippen molar-refractivity contribution in [1.29, 1.82) is 0 Å². The van der Waals surface area contributed by atoms with Crippen LogP contribution in [-0.4, -0.2) is 11.5 Å². The number of alkyl halides is 3. The van der Waals surface area contributed by atoms with E-state index in [0.29, 0.717) is 5.92 Å². The molecule has 1 saturated heterocycles. The van der Waals surface area contributed by atoms with Crippen molar-refractivity contribution >= 4 is 0 Å². The van der Waals surface area contributed by atoms with Crippen molar-refractivity contribution in [2.75, 3.05) is 6.54 Å². The maximum Gasteiger partial charge on any atom is 0.433 e. The van der Waals surface area contributed by atoms with Crippen molar-refractivity contribution in [3.63, 3.8) is 0 Å². The van der Waals surface area contributed by atoms with Gasteiger partial charge in [0.05, 0.1) is 0 Å². The van der Waals surface area contributed by atoms with E-state index in [1.807, 2.05) is 0 Å². The number of halogens is 3. The van der Waals surface area contributed by atoms with Gasteiger partial charge >= 0.3 is 6.18 Å². The lowest BCUT2D eigenvalue weighted by molar-refractivity contribution is -0.141. The molecular weight excluding hydrogens is 217 g/mol. The number of rotatable bonds is 1. The van der Waals surface area contributed by atoms with Gasteiger partial charge in [0.2, 0.25) is 0 Å². The third-order valence-electron chi connectivity index (χ3n) is 3.61. The Kier molecular flexibility index (Phi) is 1.87. The summed E-state index contributed by atoms with van der Waals surface area (Å²) in [6.45, 7) is 0.950. The van der Waals surface area contributed by atoms with E-state index in [-0.39, 0.29) is 5.54 Å². The zero-order valence-electron chi connectivity index (χ0n) is 8.51. The molecule has 0 amide bonds. The van der Waals surface area contributed by atoms with Gasteiger partial charge in [-0.3, -0.25) is 4.98 Å². The van der Waals surface area contributed by atoms with Gasteiger partial charge in [0.1, 0.15) is 5.69 Å². The summed E-state index contributed by atoms with van der Waals surface area (Å²) in [5, 5.41) is 3.36. The molecule has 86 valence electrons. The first kappa shape index (κ1) is 10.1. The lowest BCUT2D eigenvalue weighted by Crippen LogP contribution is -2.26. The van der Waals surface area contributed by atoms with Crippen LogP contribution in [0.4, 0.5) is 13.2 Å². The molecule has 1 aliphatic heterocycles. The average molecular weight is 228 g/mol. The number of nitrogens with zero attached hydrogens (tertiary/aromatic N) is 1. The number of nitrogens with one attached hydrogen (secondary N) is 1. The van der Waals surface area contributed by atoms with Crippen molar-refractivity contribution in [3.8, 4) is 0 Å². The second-order valence-corrected chi connectivity index (χ2v) is 4.52. The van der Waals surface area contributed by atoms with Crippen LogP contribution < -0.4 is 5.32 Å². The third kappa shape index (κ3) is 1.34. The number of pyridine rings is 1. The van der Waals surface area contributed by atoms with Gasteiger partial charge in [-0.05, 0) is 36.9 Å². The first-order valence-corrected chi connectivity index (χ1v) is 5.31. The SMILES string of the molecule is FC(F)(F)c1ccc([C@@]23C[C@@H]2CCN3)cn1. The Morgan fingerprint density at radius 3 is 2.62 bits per heavy atom. The van der Waals surface area contributed by atoms with Crippen LogP contribution in [0, 0.1) is 5.92 Å². The zero-order valence-corrected chi connectivity index (χ0v) is 8.51. The molecule has 5 heteroatoms. The van der Waals surface area contributed by atoms with E-state index in [4.69, 9.17) is 0 Å². The molecule has 1 saturated carbocycles. The highest BCUT2D eigenvalue weighted by Crippen LogP contribution is 2.56. The molecular formula is C11H11F3N2. The van der Waals surface area contributed by atoms with Crippen LogP contribution in [0.3, 0.4) is 0 Å². The molecule has 0 aromatic carbocycles. The molecule has 2 heterocycles. The number of hydrogen-bond acceptors (Lipinski definition) is 2. The van der Waals surface area contributed by atoms with Gasteiger partial charge in [0.15, 0.2) is 0 Å². The minimum Gasteiger partial charge on any atom is -0.307 e. The van der Waals surface area contributed by atoms with Crippen molar-refractivity contribution < 1.29 is 13.2 Å². The average Bonchev–Trinajstić information content (AvgIpc) is 2.81. The maximum atomic E-state index is 12.3. The van der Waals surface area contributed by atoms with Crippen LogP contribution in [0.25, 0.3) is 0 Å². The molecule has 0 bridgehead atoms. The maximum absolute atomic E-state index is 12.3. The number of hydrogen-bond donors (Lipinski definition) is 1. The number of piperidine rings is 1. The second-order valence-electron chi connectivity index (χ2n) is 4.52. The van der Waals surface area contributed by atoms with Crippen LogP contribution in [0.2, 0.25) is 0 Å². The number of aromatic nitrogens is 1. The number of fused-ring (bicyclic) bond motifs is 1. The Balaban J connectivity index is 1.89. The lowest BCUT2D eigenvalue weighted by atomic mass is 10.1. The molecule has 3 rings (SSSR count). The molecule has 0 radical (unpaired) electrons. The third-order valence-corrected chi connectivity index (χ3v) is 3.61. The Labute approximate surface area is 90.9 Å². The second kappa shape index (κ2) is 2.97. The Hall–Kier alpha value is -1.10. The summed E-state index contributed by atoms with van der Waals surface area (Å²) in [5.41, 5.74) is 0.0165. The lowest BCUT2D eigenvalue weighted by Gasteiger charge is -2.14. The molecule has 2 aliphatic rings. The van der Waals surface area contributed by atoms with Gasteiger partial charge in [-0.25, -0.2) is 0 Å².